The van der Waals surface area contributed by atoms with Crippen LogP contribution in [0.25, 0.3) is 0 Å². The van der Waals surface area contributed by atoms with Crippen molar-refractivity contribution in [3.63, 3.8) is 0 Å². The standard InChI is InChI=1S/C17H30N4S/c1-13(2)21-16(18-19-17(21)22-3)14-8-7-11-20(12-14)15-9-5-4-6-10-15/h13-15H,4-12H2,1-3H3. The molecule has 0 spiro atoms. The van der Waals surface area contributed by atoms with Crippen LogP contribution in [-0.2, 0) is 0 Å². The molecular formula is C17H30N4S. The minimum atomic E-state index is 0.442. The maximum atomic E-state index is 4.58. The van der Waals surface area contributed by atoms with Crippen LogP contribution >= 0.6 is 11.8 Å². The Kier molecular flexibility index (Phi) is 5.45. The van der Waals surface area contributed by atoms with Crippen LogP contribution in [-0.4, -0.2) is 45.1 Å². The van der Waals surface area contributed by atoms with Gasteiger partial charge in [0.05, 0.1) is 0 Å². The van der Waals surface area contributed by atoms with E-state index in [2.05, 4.69) is 39.8 Å². The van der Waals surface area contributed by atoms with Crippen molar-refractivity contribution in [1.29, 1.82) is 0 Å². The Morgan fingerprint density at radius 3 is 2.50 bits per heavy atom. The van der Waals surface area contributed by atoms with Gasteiger partial charge in [-0.2, -0.15) is 0 Å². The normalized spacial score (nSPS) is 25.0. The zero-order valence-electron chi connectivity index (χ0n) is 14.3. The lowest BCUT2D eigenvalue weighted by Crippen LogP contribution is -2.43. The molecule has 1 aromatic heterocycles. The van der Waals surface area contributed by atoms with Gasteiger partial charge in [0.15, 0.2) is 5.16 Å². The largest absolute Gasteiger partial charge is 0.303 e. The molecule has 1 atom stereocenters. The molecular weight excluding hydrogens is 292 g/mol. The van der Waals surface area contributed by atoms with Gasteiger partial charge in [-0.25, -0.2) is 0 Å². The Hall–Kier alpha value is -0.550. The van der Waals surface area contributed by atoms with Gasteiger partial charge in [-0.1, -0.05) is 31.0 Å². The third-order valence-electron chi connectivity index (χ3n) is 5.30. The fourth-order valence-electron chi connectivity index (χ4n) is 4.19. The van der Waals surface area contributed by atoms with Crippen LogP contribution in [0.2, 0.25) is 0 Å². The summed E-state index contributed by atoms with van der Waals surface area (Å²) < 4.78 is 2.36. The molecule has 2 fully saturated rings. The molecule has 2 heterocycles. The molecule has 124 valence electrons. The molecule has 1 aromatic rings. The van der Waals surface area contributed by atoms with Crippen LogP contribution in [0.5, 0.6) is 0 Å². The highest BCUT2D eigenvalue weighted by molar-refractivity contribution is 7.98. The fraction of sp³-hybridized carbons (Fsp3) is 0.882. The van der Waals surface area contributed by atoms with Gasteiger partial charge in [0.25, 0.3) is 0 Å². The summed E-state index contributed by atoms with van der Waals surface area (Å²) in [5.41, 5.74) is 0. The van der Waals surface area contributed by atoms with Crippen molar-refractivity contribution in [3.05, 3.63) is 5.82 Å². The lowest BCUT2D eigenvalue weighted by atomic mass is 9.90. The number of nitrogens with zero attached hydrogens (tertiary/aromatic N) is 4. The van der Waals surface area contributed by atoms with Gasteiger partial charge in [-0.05, 0) is 52.3 Å². The van der Waals surface area contributed by atoms with Gasteiger partial charge in [-0.15, -0.1) is 10.2 Å². The molecule has 0 radical (unpaired) electrons. The van der Waals surface area contributed by atoms with Gasteiger partial charge in [0.1, 0.15) is 5.82 Å². The number of likely N-dealkylation sites (tertiary alicyclic amines) is 1. The quantitative estimate of drug-likeness (QED) is 0.782. The first kappa shape index (κ1) is 16.3. The Morgan fingerprint density at radius 1 is 1.05 bits per heavy atom. The Labute approximate surface area is 139 Å². The van der Waals surface area contributed by atoms with E-state index in [1.165, 1.54) is 63.9 Å². The average Bonchev–Trinajstić information content (AvgIpc) is 3.00. The smallest absolute Gasteiger partial charge is 0.191 e. The fourth-order valence-corrected chi connectivity index (χ4v) is 4.81. The number of piperidine rings is 1. The number of thioether (sulfide) groups is 1. The number of hydrogen-bond donors (Lipinski definition) is 0. The zero-order chi connectivity index (χ0) is 15.5. The maximum absolute atomic E-state index is 4.58. The van der Waals surface area contributed by atoms with E-state index in [4.69, 9.17) is 0 Å². The molecule has 0 amide bonds. The van der Waals surface area contributed by atoms with E-state index < -0.39 is 0 Å². The van der Waals surface area contributed by atoms with Crippen LogP contribution < -0.4 is 0 Å². The van der Waals surface area contributed by atoms with Crippen LogP contribution in [0, 0.1) is 0 Å². The van der Waals surface area contributed by atoms with Gasteiger partial charge >= 0.3 is 0 Å². The number of hydrogen-bond acceptors (Lipinski definition) is 4. The monoisotopic (exact) mass is 322 g/mol. The molecule has 22 heavy (non-hydrogen) atoms. The predicted octanol–water partition coefficient (Wildman–Crippen LogP) is 4.09. The molecule has 1 aliphatic heterocycles. The van der Waals surface area contributed by atoms with Crippen molar-refractivity contribution in [2.45, 2.75) is 82.0 Å². The summed E-state index contributed by atoms with van der Waals surface area (Å²) >= 11 is 1.71. The first-order valence-electron chi connectivity index (χ1n) is 8.93. The van der Waals surface area contributed by atoms with E-state index in [0.29, 0.717) is 12.0 Å². The Morgan fingerprint density at radius 2 is 1.82 bits per heavy atom. The second kappa shape index (κ2) is 7.35. The van der Waals surface area contributed by atoms with Crippen molar-refractivity contribution in [3.8, 4) is 0 Å². The maximum Gasteiger partial charge on any atom is 0.191 e. The van der Waals surface area contributed by atoms with E-state index in [0.717, 1.165) is 11.2 Å². The first-order chi connectivity index (χ1) is 10.7. The summed E-state index contributed by atoms with van der Waals surface area (Å²) in [4.78, 5) is 2.76. The average molecular weight is 323 g/mol. The highest BCUT2D eigenvalue weighted by atomic mass is 32.2. The third kappa shape index (κ3) is 3.35. The van der Waals surface area contributed by atoms with E-state index in [-0.39, 0.29) is 0 Å². The second-order valence-corrected chi connectivity index (χ2v) is 7.91. The van der Waals surface area contributed by atoms with Crippen LogP contribution in [0.4, 0.5) is 0 Å². The summed E-state index contributed by atoms with van der Waals surface area (Å²) in [7, 11) is 0. The first-order valence-corrected chi connectivity index (χ1v) is 10.2. The molecule has 4 nitrogen and oxygen atoms in total. The zero-order valence-corrected chi connectivity index (χ0v) is 15.1. The predicted molar refractivity (Wildman–Crippen MR) is 92.6 cm³/mol. The lowest BCUT2D eigenvalue weighted by Gasteiger charge is -2.39. The highest BCUT2D eigenvalue weighted by Crippen LogP contribution is 2.33. The molecule has 5 heteroatoms. The summed E-state index contributed by atoms with van der Waals surface area (Å²) in [6.07, 6.45) is 11.8. The van der Waals surface area contributed by atoms with Crippen molar-refractivity contribution >= 4 is 11.8 Å². The Bertz CT molecular complexity index is 479. The van der Waals surface area contributed by atoms with E-state index in [1.54, 1.807) is 11.8 Å². The van der Waals surface area contributed by atoms with Crippen molar-refractivity contribution < 1.29 is 0 Å². The molecule has 3 rings (SSSR count). The van der Waals surface area contributed by atoms with Crippen LogP contribution in [0.15, 0.2) is 5.16 Å². The SMILES string of the molecule is CSc1nnc(C2CCCN(C3CCCCC3)C2)n1C(C)C. The molecule has 1 aliphatic carbocycles. The minimum Gasteiger partial charge on any atom is -0.303 e. The molecule has 1 saturated carbocycles. The third-order valence-corrected chi connectivity index (χ3v) is 5.94. The van der Waals surface area contributed by atoms with Crippen molar-refractivity contribution in [2.24, 2.45) is 0 Å². The molecule has 0 N–H and O–H groups in total. The molecule has 0 aromatic carbocycles. The molecule has 1 saturated heterocycles. The van der Waals surface area contributed by atoms with Gasteiger partial charge in [-0.3, -0.25) is 4.90 Å². The number of aromatic nitrogens is 3. The molecule has 0 bridgehead atoms. The van der Waals surface area contributed by atoms with Crippen molar-refractivity contribution in [2.75, 3.05) is 19.3 Å². The Balaban J connectivity index is 1.75. The van der Waals surface area contributed by atoms with E-state index in [1.807, 2.05) is 0 Å². The van der Waals surface area contributed by atoms with E-state index >= 15 is 0 Å². The lowest BCUT2D eigenvalue weighted by molar-refractivity contribution is 0.115. The number of rotatable bonds is 4. The topological polar surface area (TPSA) is 34.0 Å². The van der Waals surface area contributed by atoms with Crippen LogP contribution in [0.3, 0.4) is 0 Å². The summed E-state index contributed by atoms with van der Waals surface area (Å²) in [5, 5.41) is 10.1. The summed E-state index contributed by atoms with van der Waals surface area (Å²) in [6, 6.07) is 1.27. The van der Waals surface area contributed by atoms with Crippen molar-refractivity contribution in [1.82, 2.24) is 19.7 Å². The van der Waals surface area contributed by atoms with E-state index in [9.17, 15) is 0 Å². The van der Waals surface area contributed by atoms with Gasteiger partial charge < -0.3 is 4.57 Å². The summed E-state index contributed by atoms with van der Waals surface area (Å²) in [6.45, 7) is 6.96. The molecule has 2 aliphatic rings. The minimum absolute atomic E-state index is 0.442. The second-order valence-electron chi connectivity index (χ2n) is 7.13. The summed E-state index contributed by atoms with van der Waals surface area (Å²) in [5.74, 6) is 1.78. The molecule has 1 unspecified atom stereocenters. The highest BCUT2D eigenvalue weighted by Gasteiger charge is 2.31. The van der Waals surface area contributed by atoms with Gasteiger partial charge in [0.2, 0.25) is 0 Å². The van der Waals surface area contributed by atoms with Crippen LogP contribution in [0.1, 0.15) is 76.6 Å². The van der Waals surface area contributed by atoms with Gasteiger partial charge in [0, 0.05) is 24.5 Å².